The summed E-state index contributed by atoms with van der Waals surface area (Å²) in [5.74, 6) is -1.43. The highest BCUT2D eigenvalue weighted by molar-refractivity contribution is 6.27. The van der Waals surface area contributed by atoms with Crippen LogP contribution in [0.1, 0.15) is 41.9 Å². The number of hydrogen-bond acceptors (Lipinski definition) is 5. The highest BCUT2D eigenvalue weighted by Gasteiger charge is 2.17. The molecule has 0 aliphatic carbocycles. The molecule has 234 valence electrons. The summed E-state index contributed by atoms with van der Waals surface area (Å²) in [6, 6.07) is 31.2. The maximum Gasteiger partial charge on any atom is 0.414 e. The van der Waals surface area contributed by atoms with Gasteiger partial charge in [-0.2, -0.15) is 0 Å². The number of carboxylic acid groups (broad SMARTS) is 2. The largest absolute Gasteiger partial charge is 0.489 e. The van der Waals surface area contributed by atoms with E-state index in [2.05, 4.69) is 11.0 Å². The van der Waals surface area contributed by atoms with Gasteiger partial charge < -0.3 is 19.7 Å². The third-order valence-electron chi connectivity index (χ3n) is 7.27. The molecule has 0 spiro atoms. The molecule has 0 amide bonds. The minimum absolute atomic E-state index is 0.102. The van der Waals surface area contributed by atoms with Crippen LogP contribution in [0.25, 0.3) is 0 Å². The number of carbonyl (C=O) groups is 2. The van der Waals surface area contributed by atoms with E-state index >= 15 is 0 Å². The molecule has 4 aromatic rings. The number of aliphatic carboxylic acids is 2. The number of carboxylic acids is 2. The smallest absolute Gasteiger partial charge is 0.414 e. The maximum absolute atomic E-state index is 13.5. The molecule has 1 aliphatic rings. The van der Waals surface area contributed by atoms with Crippen molar-refractivity contribution in [2.45, 2.75) is 31.8 Å². The summed E-state index contributed by atoms with van der Waals surface area (Å²) >= 11 is 0. The predicted molar refractivity (Wildman–Crippen MR) is 166 cm³/mol. The minimum atomic E-state index is -1.82. The Hall–Kier alpha value is -5.02. The summed E-state index contributed by atoms with van der Waals surface area (Å²) in [5, 5.41) is 14.8. The zero-order valence-corrected chi connectivity index (χ0v) is 24.6. The van der Waals surface area contributed by atoms with Crippen LogP contribution in [0.5, 0.6) is 11.5 Å². The fourth-order valence-corrected chi connectivity index (χ4v) is 4.92. The van der Waals surface area contributed by atoms with E-state index in [-0.39, 0.29) is 17.6 Å². The van der Waals surface area contributed by atoms with Crippen LogP contribution in [0.3, 0.4) is 0 Å². The standard InChI is InChI=1S/C34H33F2NO2.C2H2O4/c35-29-12-8-27(9-13-29)34(28-10-14-30(36)15-11-28)7-4-22-37-23-20-33(21-24-37)39-32-18-16-31(17-19-32)38-25-26-5-2-1-3-6-26;3-1(4)2(5)6/h1-3,5-6,8-20,34H,4,7,21-25H2;(H,3,4)(H,5,6). The number of hydrogen-bond donors (Lipinski definition) is 2. The first-order chi connectivity index (χ1) is 21.8. The van der Waals surface area contributed by atoms with E-state index < -0.39 is 11.9 Å². The van der Waals surface area contributed by atoms with Crippen molar-refractivity contribution in [3.05, 3.63) is 143 Å². The highest BCUT2D eigenvalue weighted by Crippen LogP contribution is 2.30. The minimum Gasteiger partial charge on any atom is -0.489 e. The molecule has 0 saturated carbocycles. The fourth-order valence-electron chi connectivity index (χ4n) is 4.92. The first-order valence-corrected chi connectivity index (χ1v) is 14.6. The van der Waals surface area contributed by atoms with Crippen molar-refractivity contribution in [2.24, 2.45) is 0 Å². The van der Waals surface area contributed by atoms with Gasteiger partial charge in [-0.1, -0.05) is 54.6 Å². The number of ether oxygens (including phenoxy) is 2. The molecule has 0 unspecified atom stereocenters. The number of benzene rings is 4. The van der Waals surface area contributed by atoms with E-state index in [1.54, 1.807) is 0 Å². The lowest BCUT2D eigenvalue weighted by Crippen LogP contribution is -2.30. The number of halogens is 2. The second kappa shape index (κ2) is 16.7. The van der Waals surface area contributed by atoms with Gasteiger partial charge in [-0.3, -0.25) is 4.90 Å². The van der Waals surface area contributed by atoms with Crippen molar-refractivity contribution in [1.82, 2.24) is 4.90 Å². The van der Waals surface area contributed by atoms with E-state index in [9.17, 15) is 8.78 Å². The van der Waals surface area contributed by atoms with E-state index in [0.29, 0.717) is 6.61 Å². The van der Waals surface area contributed by atoms with Gasteiger partial charge in [-0.15, -0.1) is 0 Å². The molecule has 0 bridgehead atoms. The van der Waals surface area contributed by atoms with E-state index in [1.165, 1.54) is 24.3 Å². The van der Waals surface area contributed by atoms with Crippen LogP contribution >= 0.6 is 0 Å². The third-order valence-corrected chi connectivity index (χ3v) is 7.27. The SMILES string of the molecule is Fc1ccc(C(CCCN2CC=C(Oc3ccc(OCc4ccccc4)cc3)CC2)c2ccc(F)cc2)cc1.O=C(O)C(=O)O. The molecule has 2 N–H and O–H groups in total. The summed E-state index contributed by atoms with van der Waals surface area (Å²) in [4.78, 5) is 20.6. The Morgan fingerprint density at radius 1 is 0.756 bits per heavy atom. The first kappa shape index (κ1) is 32.9. The van der Waals surface area contributed by atoms with Crippen LogP contribution in [0, 0.1) is 11.6 Å². The van der Waals surface area contributed by atoms with Crippen LogP contribution < -0.4 is 9.47 Å². The lowest BCUT2D eigenvalue weighted by molar-refractivity contribution is -0.159. The van der Waals surface area contributed by atoms with Gasteiger partial charge in [0.05, 0.1) is 0 Å². The molecule has 1 heterocycles. The number of rotatable bonds is 11. The zero-order valence-electron chi connectivity index (χ0n) is 24.6. The first-order valence-electron chi connectivity index (χ1n) is 14.6. The fraction of sp³-hybridized carbons (Fsp3) is 0.222. The summed E-state index contributed by atoms with van der Waals surface area (Å²) in [7, 11) is 0. The summed E-state index contributed by atoms with van der Waals surface area (Å²) < 4.78 is 39.0. The molecular weight excluding hydrogens is 580 g/mol. The molecule has 7 nitrogen and oxygen atoms in total. The lowest BCUT2D eigenvalue weighted by Gasteiger charge is -2.27. The van der Waals surface area contributed by atoms with Gasteiger partial charge in [0, 0.05) is 25.4 Å². The Morgan fingerprint density at radius 2 is 1.31 bits per heavy atom. The third kappa shape index (κ3) is 10.9. The van der Waals surface area contributed by atoms with Crippen molar-refractivity contribution in [1.29, 1.82) is 0 Å². The quantitative estimate of drug-likeness (QED) is 0.171. The molecule has 5 rings (SSSR count). The molecular formula is C36H35F2NO6. The normalized spacial score (nSPS) is 12.9. The maximum atomic E-state index is 13.5. The summed E-state index contributed by atoms with van der Waals surface area (Å²) in [6.45, 7) is 3.26. The van der Waals surface area contributed by atoms with Gasteiger partial charge in [-0.25, -0.2) is 18.4 Å². The van der Waals surface area contributed by atoms with Crippen LogP contribution in [-0.2, 0) is 16.2 Å². The predicted octanol–water partition coefficient (Wildman–Crippen LogP) is 7.28. The molecule has 0 atom stereocenters. The van der Waals surface area contributed by atoms with Crippen LogP contribution in [-0.4, -0.2) is 46.7 Å². The van der Waals surface area contributed by atoms with Crippen molar-refractivity contribution in [3.63, 3.8) is 0 Å². The Morgan fingerprint density at radius 3 is 1.82 bits per heavy atom. The average molecular weight is 616 g/mol. The molecule has 0 saturated heterocycles. The second-order valence-corrected chi connectivity index (χ2v) is 10.5. The van der Waals surface area contributed by atoms with E-state index in [0.717, 1.165) is 72.8 Å². The molecule has 0 radical (unpaired) electrons. The monoisotopic (exact) mass is 615 g/mol. The lowest BCUT2D eigenvalue weighted by atomic mass is 9.87. The van der Waals surface area contributed by atoms with Gasteiger partial charge in [0.25, 0.3) is 0 Å². The Kier molecular flexibility index (Phi) is 12.2. The molecule has 0 aromatic heterocycles. The van der Waals surface area contributed by atoms with Crippen LogP contribution in [0.2, 0.25) is 0 Å². The highest BCUT2D eigenvalue weighted by atomic mass is 19.1. The van der Waals surface area contributed by atoms with Gasteiger partial charge in [0.15, 0.2) is 0 Å². The molecule has 1 aliphatic heterocycles. The van der Waals surface area contributed by atoms with Crippen LogP contribution in [0.15, 0.2) is 115 Å². The second-order valence-electron chi connectivity index (χ2n) is 10.5. The van der Waals surface area contributed by atoms with E-state index in [1.807, 2.05) is 78.9 Å². The van der Waals surface area contributed by atoms with Gasteiger partial charge in [0.2, 0.25) is 0 Å². The topological polar surface area (TPSA) is 96.3 Å². The summed E-state index contributed by atoms with van der Waals surface area (Å²) in [6.07, 6.45) is 4.89. The van der Waals surface area contributed by atoms with Crippen molar-refractivity contribution in [3.8, 4) is 11.5 Å². The van der Waals surface area contributed by atoms with Gasteiger partial charge >= 0.3 is 11.9 Å². The molecule has 9 heteroatoms. The molecule has 45 heavy (non-hydrogen) atoms. The van der Waals surface area contributed by atoms with Crippen LogP contribution in [0.4, 0.5) is 8.78 Å². The summed E-state index contributed by atoms with van der Waals surface area (Å²) in [5.41, 5.74) is 3.23. The Labute approximate surface area is 261 Å². The molecule has 0 fully saturated rings. The Balaban J connectivity index is 0.000000700. The zero-order chi connectivity index (χ0) is 32.0. The Bertz CT molecular complexity index is 1480. The van der Waals surface area contributed by atoms with Gasteiger partial charge in [-0.05, 0) is 90.7 Å². The van der Waals surface area contributed by atoms with E-state index in [4.69, 9.17) is 29.3 Å². The van der Waals surface area contributed by atoms with Crippen molar-refractivity contribution < 1.29 is 38.1 Å². The average Bonchev–Trinajstić information content (AvgIpc) is 3.05. The van der Waals surface area contributed by atoms with Gasteiger partial charge in [0.1, 0.15) is 35.5 Å². The van der Waals surface area contributed by atoms with Crippen molar-refractivity contribution in [2.75, 3.05) is 19.6 Å². The molecule has 4 aromatic carbocycles. The van der Waals surface area contributed by atoms with Crippen molar-refractivity contribution >= 4 is 11.9 Å². The number of nitrogens with zero attached hydrogens (tertiary/aromatic N) is 1.